The monoisotopic (exact) mass is 227 g/mol. The van der Waals surface area contributed by atoms with E-state index >= 15 is 0 Å². The van der Waals surface area contributed by atoms with E-state index in [0.29, 0.717) is 6.54 Å². The van der Waals surface area contributed by atoms with Crippen molar-refractivity contribution in [2.24, 2.45) is 5.73 Å². The van der Waals surface area contributed by atoms with Crippen LogP contribution in [0.4, 0.5) is 0 Å². The fraction of sp³-hybridized carbons (Fsp3) is 0.333. The van der Waals surface area contributed by atoms with Gasteiger partial charge < -0.3 is 10.2 Å². The second-order valence-electron chi connectivity index (χ2n) is 4.65. The van der Waals surface area contributed by atoms with E-state index in [-0.39, 0.29) is 0 Å². The first-order valence-electron chi connectivity index (χ1n) is 6.27. The predicted molar refractivity (Wildman–Crippen MR) is 68.7 cm³/mol. The Morgan fingerprint density at radius 1 is 1.06 bits per heavy atom. The van der Waals surface area contributed by atoms with E-state index in [1.165, 1.54) is 42.4 Å². The molecule has 1 aromatic carbocycles. The Morgan fingerprint density at radius 2 is 1.88 bits per heavy atom. The van der Waals surface area contributed by atoms with Crippen molar-refractivity contribution in [2.75, 3.05) is 0 Å². The average Bonchev–Trinajstić information content (AvgIpc) is 2.86. The van der Waals surface area contributed by atoms with Crippen LogP contribution >= 0.6 is 0 Å². The zero-order chi connectivity index (χ0) is 11.7. The van der Waals surface area contributed by atoms with Crippen molar-refractivity contribution in [1.82, 2.24) is 0 Å². The Labute approximate surface area is 101 Å². The van der Waals surface area contributed by atoms with E-state index in [0.717, 1.165) is 11.3 Å². The molecule has 17 heavy (non-hydrogen) atoms. The van der Waals surface area contributed by atoms with E-state index in [1.807, 2.05) is 6.07 Å². The zero-order valence-electron chi connectivity index (χ0n) is 9.91. The van der Waals surface area contributed by atoms with Gasteiger partial charge in [0.05, 0.1) is 12.8 Å². The van der Waals surface area contributed by atoms with Gasteiger partial charge >= 0.3 is 0 Å². The molecule has 0 fully saturated rings. The number of nitrogens with two attached hydrogens (primary N) is 1. The smallest absolute Gasteiger partial charge is 0.125 e. The summed E-state index contributed by atoms with van der Waals surface area (Å²) in [5.41, 5.74) is 11.1. The standard InChI is InChI=1S/C15H17NO/c16-10-15-14(7-8-17-15)13-6-5-11-3-1-2-4-12(11)9-13/h5-9H,1-4,10,16H2. The van der Waals surface area contributed by atoms with Crippen LogP contribution in [0.25, 0.3) is 11.1 Å². The molecule has 0 bridgehead atoms. The maximum absolute atomic E-state index is 5.68. The van der Waals surface area contributed by atoms with Gasteiger partial charge in [-0.15, -0.1) is 0 Å². The van der Waals surface area contributed by atoms with Crippen LogP contribution in [0, 0.1) is 0 Å². The van der Waals surface area contributed by atoms with Crippen molar-refractivity contribution in [2.45, 2.75) is 32.2 Å². The van der Waals surface area contributed by atoms with Gasteiger partial charge in [-0.25, -0.2) is 0 Å². The van der Waals surface area contributed by atoms with Crippen molar-refractivity contribution in [3.8, 4) is 11.1 Å². The Balaban J connectivity index is 2.04. The molecule has 0 atom stereocenters. The molecule has 0 amide bonds. The number of rotatable bonds is 2. The summed E-state index contributed by atoms with van der Waals surface area (Å²) in [5.74, 6) is 0.876. The van der Waals surface area contributed by atoms with Crippen molar-refractivity contribution in [3.05, 3.63) is 47.4 Å². The van der Waals surface area contributed by atoms with Crippen LogP contribution in [-0.2, 0) is 19.4 Å². The third-order valence-corrected chi connectivity index (χ3v) is 3.59. The molecular formula is C15H17NO. The van der Waals surface area contributed by atoms with E-state index in [1.54, 1.807) is 6.26 Å². The zero-order valence-corrected chi connectivity index (χ0v) is 9.91. The van der Waals surface area contributed by atoms with E-state index in [2.05, 4.69) is 18.2 Å². The molecule has 1 aliphatic rings. The van der Waals surface area contributed by atoms with Crippen LogP contribution < -0.4 is 5.73 Å². The second-order valence-corrected chi connectivity index (χ2v) is 4.65. The Bertz CT molecular complexity index is 527. The normalized spacial score (nSPS) is 14.6. The molecule has 0 spiro atoms. The third-order valence-electron chi connectivity index (χ3n) is 3.59. The maximum Gasteiger partial charge on any atom is 0.125 e. The molecule has 1 aromatic heterocycles. The summed E-state index contributed by atoms with van der Waals surface area (Å²) in [6.45, 7) is 0.458. The van der Waals surface area contributed by atoms with Gasteiger partial charge in [-0.3, -0.25) is 0 Å². The Kier molecular flexibility index (Phi) is 2.73. The maximum atomic E-state index is 5.68. The number of fused-ring (bicyclic) bond motifs is 1. The topological polar surface area (TPSA) is 39.2 Å². The van der Waals surface area contributed by atoms with Crippen molar-refractivity contribution in [1.29, 1.82) is 0 Å². The summed E-state index contributed by atoms with van der Waals surface area (Å²) in [7, 11) is 0. The summed E-state index contributed by atoms with van der Waals surface area (Å²) in [4.78, 5) is 0. The molecule has 2 nitrogen and oxygen atoms in total. The number of aryl methyl sites for hydroxylation is 2. The summed E-state index contributed by atoms with van der Waals surface area (Å²) in [6.07, 6.45) is 6.79. The highest BCUT2D eigenvalue weighted by atomic mass is 16.3. The van der Waals surface area contributed by atoms with Gasteiger partial charge in [0.1, 0.15) is 5.76 Å². The minimum atomic E-state index is 0.458. The molecule has 88 valence electrons. The summed E-state index contributed by atoms with van der Waals surface area (Å²) >= 11 is 0. The summed E-state index contributed by atoms with van der Waals surface area (Å²) in [5, 5.41) is 0. The van der Waals surface area contributed by atoms with Crippen LogP contribution in [0.5, 0.6) is 0 Å². The van der Waals surface area contributed by atoms with Crippen molar-refractivity contribution >= 4 is 0 Å². The first kappa shape index (κ1) is 10.6. The quantitative estimate of drug-likeness (QED) is 0.855. The molecule has 0 radical (unpaired) electrons. The predicted octanol–water partition coefficient (Wildman–Crippen LogP) is 3.28. The van der Waals surface area contributed by atoms with E-state index < -0.39 is 0 Å². The van der Waals surface area contributed by atoms with Crippen LogP contribution in [0.1, 0.15) is 29.7 Å². The third kappa shape index (κ3) is 1.89. The van der Waals surface area contributed by atoms with Gasteiger partial charge in [0.25, 0.3) is 0 Å². The summed E-state index contributed by atoms with van der Waals surface area (Å²) < 4.78 is 5.39. The lowest BCUT2D eigenvalue weighted by Gasteiger charge is -2.16. The van der Waals surface area contributed by atoms with Gasteiger partial charge in [-0.2, -0.15) is 0 Å². The fourth-order valence-electron chi connectivity index (χ4n) is 2.66. The van der Waals surface area contributed by atoms with Gasteiger partial charge in [0.2, 0.25) is 0 Å². The number of furan rings is 1. The molecule has 0 unspecified atom stereocenters. The largest absolute Gasteiger partial charge is 0.467 e. The molecule has 0 saturated carbocycles. The minimum Gasteiger partial charge on any atom is -0.467 e. The molecule has 2 N–H and O–H groups in total. The van der Waals surface area contributed by atoms with E-state index in [4.69, 9.17) is 10.2 Å². The minimum absolute atomic E-state index is 0.458. The molecule has 0 saturated heterocycles. The van der Waals surface area contributed by atoms with E-state index in [9.17, 15) is 0 Å². The average molecular weight is 227 g/mol. The van der Waals surface area contributed by atoms with Crippen LogP contribution in [0.3, 0.4) is 0 Å². The highest BCUT2D eigenvalue weighted by Gasteiger charge is 2.12. The van der Waals surface area contributed by atoms with Gasteiger partial charge in [0.15, 0.2) is 0 Å². The van der Waals surface area contributed by atoms with Crippen molar-refractivity contribution in [3.63, 3.8) is 0 Å². The second kappa shape index (κ2) is 4.38. The SMILES string of the molecule is NCc1occc1-c1ccc2c(c1)CCCC2. The Hall–Kier alpha value is -1.54. The molecule has 2 heteroatoms. The van der Waals surface area contributed by atoms with Crippen LogP contribution in [0.15, 0.2) is 34.9 Å². The van der Waals surface area contributed by atoms with Crippen LogP contribution in [-0.4, -0.2) is 0 Å². The molecule has 2 aromatic rings. The molecule has 0 aliphatic heterocycles. The van der Waals surface area contributed by atoms with Crippen molar-refractivity contribution < 1.29 is 4.42 Å². The highest BCUT2D eigenvalue weighted by molar-refractivity contribution is 5.67. The van der Waals surface area contributed by atoms with Gasteiger partial charge in [0, 0.05) is 5.56 Å². The summed E-state index contributed by atoms with van der Waals surface area (Å²) in [6, 6.07) is 8.76. The van der Waals surface area contributed by atoms with Gasteiger partial charge in [-0.1, -0.05) is 18.2 Å². The van der Waals surface area contributed by atoms with Gasteiger partial charge in [-0.05, 0) is 48.4 Å². The highest BCUT2D eigenvalue weighted by Crippen LogP contribution is 2.29. The number of benzene rings is 1. The lowest BCUT2D eigenvalue weighted by molar-refractivity contribution is 0.513. The molecule has 3 rings (SSSR count). The first-order chi connectivity index (χ1) is 8.38. The lowest BCUT2D eigenvalue weighted by atomic mass is 9.89. The number of hydrogen-bond donors (Lipinski definition) is 1. The molecule has 1 heterocycles. The molecular weight excluding hydrogens is 210 g/mol. The first-order valence-corrected chi connectivity index (χ1v) is 6.27. The molecule has 1 aliphatic carbocycles. The Morgan fingerprint density at radius 3 is 2.71 bits per heavy atom. The fourth-order valence-corrected chi connectivity index (χ4v) is 2.66. The lowest BCUT2D eigenvalue weighted by Crippen LogP contribution is -2.02. The van der Waals surface area contributed by atoms with Crippen LogP contribution in [0.2, 0.25) is 0 Å². The number of hydrogen-bond acceptors (Lipinski definition) is 2.